The van der Waals surface area contributed by atoms with Crippen LogP contribution in [0.3, 0.4) is 0 Å². The molecule has 2 saturated heterocycles. The Morgan fingerprint density at radius 3 is 2.96 bits per heavy atom. The van der Waals surface area contributed by atoms with Gasteiger partial charge >= 0.3 is 6.03 Å². The third kappa shape index (κ3) is 3.32. The van der Waals surface area contributed by atoms with Crippen molar-refractivity contribution in [3.63, 3.8) is 0 Å². The molecule has 3 rings (SSSR count). The van der Waals surface area contributed by atoms with Crippen LogP contribution in [-0.2, 0) is 4.74 Å². The summed E-state index contributed by atoms with van der Waals surface area (Å²) in [5.74, 6) is -0.819. The van der Waals surface area contributed by atoms with Crippen LogP contribution in [0.5, 0.6) is 0 Å². The van der Waals surface area contributed by atoms with E-state index in [4.69, 9.17) is 16.3 Å². The maximum absolute atomic E-state index is 13.5. The number of likely N-dealkylation sites (tertiary alicyclic amines) is 1. The largest absolute Gasteiger partial charge is 0.383 e. The number of rotatable bonds is 4. The summed E-state index contributed by atoms with van der Waals surface area (Å²) in [6, 6.07) is 3.58. The molecule has 3 amide bonds. The summed E-state index contributed by atoms with van der Waals surface area (Å²) in [7, 11) is 1.59. The van der Waals surface area contributed by atoms with Crippen LogP contribution >= 0.6 is 11.6 Å². The monoisotopic (exact) mass is 355 g/mol. The van der Waals surface area contributed by atoms with Crippen LogP contribution in [0.2, 0.25) is 5.02 Å². The molecule has 8 heteroatoms. The van der Waals surface area contributed by atoms with Crippen LogP contribution < -0.4 is 5.32 Å². The number of carbonyl (C=O) groups is 2. The Bertz CT molecular complexity index is 637. The third-order valence-electron chi connectivity index (χ3n) is 4.48. The SMILES string of the molecule is COCCN1C(=O)N[C@@H]2CN(C(=O)c3cc(F)cc(Cl)c3)CC[C@@H]21. The van der Waals surface area contributed by atoms with E-state index in [9.17, 15) is 14.0 Å². The minimum absolute atomic E-state index is 0.0489. The van der Waals surface area contributed by atoms with Crippen molar-refractivity contribution in [2.75, 3.05) is 33.4 Å². The Labute approximate surface area is 144 Å². The number of hydrogen-bond donors (Lipinski definition) is 1. The van der Waals surface area contributed by atoms with E-state index < -0.39 is 5.82 Å². The average Bonchev–Trinajstić information content (AvgIpc) is 2.85. The number of ether oxygens (including phenoxy) is 1. The molecule has 0 saturated carbocycles. The zero-order valence-corrected chi connectivity index (χ0v) is 14.1. The van der Waals surface area contributed by atoms with Crippen molar-refractivity contribution in [1.82, 2.24) is 15.1 Å². The van der Waals surface area contributed by atoms with E-state index in [-0.39, 0.29) is 34.6 Å². The van der Waals surface area contributed by atoms with Gasteiger partial charge in [-0.3, -0.25) is 4.79 Å². The average molecular weight is 356 g/mol. The van der Waals surface area contributed by atoms with E-state index in [0.717, 1.165) is 6.07 Å². The Kier molecular flexibility index (Phi) is 4.91. The Hall–Kier alpha value is -1.86. The molecule has 0 aromatic heterocycles. The molecular weight excluding hydrogens is 337 g/mol. The van der Waals surface area contributed by atoms with E-state index in [1.165, 1.54) is 12.1 Å². The van der Waals surface area contributed by atoms with E-state index in [1.54, 1.807) is 16.9 Å². The predicted molar refractivity (Wildman–Crippen MR) is 86.6 cm³/mol. The summed E-state index contributed by atoms with van der Waals surface area (Å²) in [6.45, 7) is 1.90. The van der Waals surface area contributed by atoms with Gasteiger partial charge in [0, 0.05) is 37.3 Å². The minimum Gasteiger partial charge on any atom is -0.383 e. The minimum atomic E-state index is -0.541. The van der Waals surface area contributed by atoms with Crippen molar-refractivity contribution in [3.05, 3.63) is 34.6 Å². The lowest BCUT2D eigenvalue weighted by atomic mass is 9.99. The molecule has 1 N–H and O–H groups in total. The first-order chi connectivity index (χ1) is 11.5. The van der Waals surface area contributed by atoms with Crippen LogP contribution in [0.25, 0.3) is 0 Å². The lowest BCUT2D eigenvalue weighted by Gasteiger charge is -2.36. The summed E-state index contributed by atoms with van der Waals surface area (Å²) in [6.07, 6.45) is 0.669. The second-order valence-corrected chi connectivity index (χ2v) is 6.44. The van der Waals surface area contributed by atoms with Crippen LogP contribution in [0.15, 0.2) is 18.2 Å². The number of piperidine rings is 1. The van der Waals surface area contributed by atoms with Crippen molar-refractivity contribution in [2.24, 2.45) is 0 Å². The van der Waals surface area contributed by atoms with Crippen LogP contribution in [0.1, 0.15) is 16.8 Å². The maximum Gasteiger partial charge on any atom is 0.318 e. The number of benzene rings is 1. The molecule has 2 heterocycles. The van der Waals surface area contributed by atoms with Crippen molar-refractivity contribution in [3.8, 4) is 0 Å². The molecular formula is C16H19ClFN3O3. The molecule has 2 atom stereocenters. The van der Waals surface area contributed by atoms with Gasteiger partial charge in [-0.2, -0.15) is 0 Å². The van der Waals surface area contributed by atoms with Crippen LogP contribution in [-0.4, -0.2) is 67.2 Å². The van der Waals surface area contributed by atoms with Gasteiger partial charge in [-0.05, 0) is 24.6 Å². The van der Waals surface area contributed by atoms with Gasteiger partial charge in [-0.25, -0.2) is 9.18 Å². The second-order valence-electron chi connectivity index (χ2n) is 6.01. The predicted octanol–water partition coefficient (Wildman–Crippen LogP) is 1.73. The molecule has 2 aliphatic heterocycles. The number of urea groups is 1. The number of nitrogens with zero attached hydrogens (tertiary/aromatic N) is 2. The number of amides is 3. The van der Waals surface area contributed by atoms with Gasteiger partial charge in [0.25, 0.3) is 5.91 Å². The maximum atomic E-state index is 13.5. The fraction of sp³-hybridized carbons (Fsp3) is 0.500. The number of halogens is 2. The van der Waals surface area contributed by atoms with Gasteiger partial charge in [0.2, 0.25) is 0 Å². The van der Waals surface area contributed by atoms with Crippen LogP contribution in [0.4, 0.5) is 9.18 Å². The molecule has 6 nitrogen and oxygen atoms in total. The number of carbonyl (C=O) groups excluding carboxylic acids is 2. The quantitative estimate of drug-likeness (QED) is 0.894. The van der Waals surface area contributed by atoms with Gasteiger partial charge in [-0.15, -0.1) is 0 Å². The highest BCUT2D eigenvalue weighted by atomic mass is 35.5. The summed E-state index contributed by atoms with van der Waals surface area (Å²) in [4.78, 5) is 28.0. The van der Waals surface area contributed by atoms with Crippen LogP contribution in [0, 0.1) is 5.82 Å². The van der Waals surface area contributed by atoms with Crippen molar-refractivity contribution in [1.29, 1.82) is 0 Å². The van der Waals surface area contributed by atoms with Gasteiger partial charge in [-0.1, -0.05) is 11.6 Å². The first-order valence-corrected chi connectivity index (χ1v) is 8.19. The highest BCUT2D eigenvalue weighted by molar-refractivity contribution is 6.31. The first-order valence-electron chi connectivity index (χ1n) is 7.81. The third-order valence-corrected chi connectivity index (χ3v) is 4.70. The zero-order valence-electron chi connectivity index (χ0n) is 13.3. The number of fused-ring (bicyclic) bond motifs is 1. The standard InChI is InChI=1S/C16H19ClFN3O3/c1-24-5-4-21-14-2-3-20(9-13(14)19-16(21)23)15(22)10-6-11(17)8-12(18)7-10/h6-8,13-14H,2-5,9H2,1H3,(H,19,23)/t13-,14+/m1/s1. The number of nitrogens with one attached hydrogen (secondary N) is 1. The fourth-order valence-corrected chi connectivity index (χ4v) is 3.57. The van der Waals surface area contributed by atoms with Gasteiger partial charge in [0.15, 0.2) is 0 Å². The molecule has 2 fully saturated rings. The number of hydrogen-bond acceptors (Lipinski definition) is 3. The normalized spacial score (nSPS) is 23.2. The van der Waals surface area contributed by atoms with E-state index in [1.807, 2.05) is 0 Å². The highest BCUT2D eigenvalue weighted by Gasteiger charge is 2.43. The van der Waals surface area contributed by atoms with Gasteiger partial charge in [0.1, 0.15) is 5.82 Å². The first kappa shape index (κ1) is 17.0. The lowest BCUT2D eigenvalue weighted by Crippen LogP contribution is -2.53. The summed E-state index contributed by atoms with van der Waals surface area (Å²) >= 11 is 5.82. The van der Waals surface area contributed by atoms with Crippen molar-refractivity contribution in [2.45, 2.75) is 18.5 Å². The molecule has 0 bridgehead atoms. The van der Waals surface area contributed by atoms with E-state index in [2.05, 4.69) is 5.32 Å². The molecule has 24 heavy (non-hydrogen) atoms. The molecule has 1 aromatic rings. The summed E-state index contributed by atoms with van der Waals surface area (Å²) in [5, 5.41) is 3.10. The molecule has 2 aliphatic rings. The Balaban J connectivity index is 1.69. The smallest absolute Gasteiger partial charge is 0.318 e. The van der Waals surface area contributed by atoms with Gasteiger partial charge < -0.3 is 19.9 Å². The van der Waals surface area contributed by atoms with Gasteiger partial charge in [0.05, 0.1) is 18.7 Å². The molecule has 130 valence electrons. The Morgan fingerprint density at radius 2 is 2.25 bits per heavy atom. The molecule has 0 unspecified atom stereocenters. The molecule has 0 aliphatic carbocycles. The lowest BCUT2D eigenvalue weighted by molar-refractivity contribution is 0.0641. The van der Waals surface area contributed by atoms with E-state index >= 15 is 0 Å². The second kappa shape index (κ2) is 6.94. The summed E-state index contributed by atoms with van der Waals surface area (Å²) in [5.41, 5.74) is 0.221. The number of methoxy groups -OCH3 is 1. The topological polar surface area (TPSA) is 61.9 Å². The molecule has 0 spiro atoms. The molecule has 0 radical (unpaired) electrons. The van der Waals surface area contributed by atoms with E-state index in [0.29, 0.717) is 32.7 Å². The van der Waals surface area contributed by atoms with Crippen molar-refractivity contribution < 1.29 is 18.7 Å². The summed E-state index contributed by atoms with van der Waals surface area (Å²) < 4.78 is 18.5. The molecule has 1 aromatic carbocycles. The highest BCUT2D eigenvalue weighted by Crippen LogP contribution is 2.24. The van der Waals surface area contributed by atoms with Crippen molar-refractivity contribution >= 4 is 23.5 Å². The fourth-order valence-electron chi connectivity index (χ4n) is 3.35. The zero-order chi connectivity index (χ0) is 17.3. The Morgan fingerprint density at radius 1 is 1.46 bits per heavy atom.